The van der Waals surface area contributed by atoms with Crippen molar-refractivity contribution < 1.29 is 22.7 Å². The van der Waals surface area contributed by atoms with Gasteiger partial charge < -0.3 is 14.4 Å². The first-order chi connectivity index (χ1) is 13.4. The molecule has 0 saturated carbocycles. The van der Waals surface area contributed by atoms with Crippen molar-refractivity contribution in [1.29, 1.82) is 0 Å². The summed E-state index contributed by atoms with van der Waals surface area (Å²) in [5.74, 6) is -0.0716. The molecule has 0 atom stereocenters. The maximum Gasteiger partial charge on any atom is 0.253 e. The van der Waals surface area contributed by atoms with E-state index < -0.39 is 10.0 Å². The normalized spacial score (nSPS) is 15.2. The second-order valence-electron chi connectivity index (χ2n) is 6.40. The summed E-state index contributed by atoms with van der Waals surface area (Å²) in [5, 5.41) is 0. The van der Waals surface area contributed by atoms with E-state index in [-0.39, 0.29) is 35.2 Å². The number of amides is 1. The van der Waals surface area contributed by atoms with Crippen LogP contribution in [-0.4, -0.2) is 69.0 Å². The molecule has 9 heteroatoms. The van der Waals surface area contributed by atoms with Crippen LogP contribution in [0.5, 0.6) is 5.75 Å². The third-order valence-corrected chi connectivity index (χ3v) is 6.43. The fourth-order valence-corrected chi connectivity index (χ4v) is 4.58. The Morgan fingerprint density at radius 1 is 1.21 bits per heavy atom. The van der Waals surface area contributed by atoms with Crippen molar-refractivity contribution >= 4 is 15.9 Å². The van der Waals surface area contributed by atoms with E-state index in [9.17, 15) is 13.2 Å². The number of benzene rings is 1. The lowest BCUT2D eigenvalue weighted by molar-refractivity contribution is 0.0729. The van der Waals surface area contributed by atoms with E-state index in [1.54, 1.807) is 25.5 Å². The van der Waals surface area contributed by atoms with Gasteiger partial charge in [0, 0.05) is 44.6 Å². The summed E-state index contributed by atoms with van der Waals surface area (Å²) >= 11 is 0. The number of pyridine rings is 1. The standard InChI is InChI=1S/C19H23N3O5S/c1-21(14-15-5-7-20-8-6-15)19(23)16-3-4-17(26-2)18(13-16)28(24,25)22-9-11-27-12-10-22/h3-8,13H,9-12,14H2,1-2H3. The van der Waals surface area contributed by atoms with Gasteiger partial charge in [0.1, 0.15) is 10.6 Å². The molecule has 1 aromatic heterocycles. The third-order valence-electron chi connectivity index (χ3n) is 4.51. The van der Waals surface area contributed by atoms with Gasteiger partial charge in [-0.05, 0) is 35.9 Å². The van der Waals surface area contributed by atoms with E-state index >= 15 is 0 Å². The van der Waals surface area contributed by atoms with Crippen molar-refractivity contribution in [3.05, 3.63) is 53.9 Å². The summed E-state index contributed by atoms with van der Waals surface area (Å²) in [6.45, 7) is 1.61. The predicted octanol–water partition coefficient (Wildman–Crippen LogP) is 1.38. The molecular weight excluding hydrogens is 382 g/mol. The fourth-order valence-electron chi connectivity index (χ4n) is 2.99. The number of aromatic nitrogens is 1. The molecule has 1 amide bonds. The lowest BCUT2D eigenvalue weighted by Gasteiger charge is -2.27. The van der Waals surface area contributed by atoms with Crippen molar-refractivity contribution in [1.82, 2.24) is 14.2 Å². The van der Waals surface area contributed by atoms with Gasteiger partial charge in [-0.3, -0.25) is 9.78 Å². The summed E-state index contributed by atoms with van der Waals surface area (Å²) in [5.41, 5.74) is 1.21. The van der Waals surface area contributed by atoms with Gasteiger partial charge in [-0.1, -0.05) is 0 Å². The Hall–Kier alpha value is -2.49. The van der Waals surface area contributed by atoms with E-state index in [0.717, 1.165) is 5.56 Å². The summed E-state index contributed by atoms with van der Waals surface area (Å²) in [6.07, 6.45) is 3.32. The van der Waals surface area contributed by atoms with Crippen LogP contribution < -0.4 is 4.74 Å². The highest BCUT2D eigenvalue weighted by Gasteiger charge is 2.30. The Labute approximate surface area is 164 Å². The van der Waals surface area contributed by atoms with Gasteiger partial charge in [-0.25, -0.2) is 8.42 Å². The van der Waals surface area contributed by atoms with Crippen LogP contribution in [0.25, 0.3) is 0 Å². The molecule has 1 saturated heterocycles. The minimum absolute atomic E-state index is 0.0138. The number of hydrogen-bond donors (Lipinski definition) is 0. The van der Waals surface area contributed by atoms with Crippen LogP contribution in [-0.2, 0) is 21.3 Å². The lowest BCUT2D eigenvalue weighted by Crippen LogP contribution is -2.40. The average molecular weight is 405 g/mol. The Morgan fingerprint density at radius 3 is 2.54 bits per heavy atom. The van der Waals surface area contributed by atoms with Crippen LogP contribution in [0.1, 0.15) is 15.9 Å². The minimum atomic E-state index is -3.80. The van der Waals surface area contributed by atoms with Crippen molar-refractivity contribution in [2.24, 2.45) is 0 Å². The highest BCUT2D eigenvalue weighted by Crippen LogP contribution is 2.29. The molecule has 2 aromatic rings. The van der Waals surface area contributed by atoms with Gasteiger partial charge >= 0.3 is 0 Å². The molecule has 28 heavy (non-hydrogen) atoms. The number of sulfonamides is 1. The Morgan fingerprint density at radius 2 is 1.89 bits per heavy atom. The van der Waals surface area contributed by atoms with E-state index in [1.807, 2.05) is 12.1 Å². The van der Waals surface area contributed by atoms with Gasteiger partial charge in [0.25, 0.3) is 5.91 Å². The lowest BCUT2D eigenvalue weighted by atomic mass is 10.1. The molecule has 0 N–H and O–H groups in total. The van der Waals surface area contributed by atoms with E-state index in [2.05, 4.69) is 4.98 Å². The molecule has 8 nitrogen and oxygen atoms in total. The highest BCUT2D eigenvalue weighted by molar-refractivity contribution is 7.89. The number of ether oxygens (including phenoxy) is 2. The number of hydrogen-bond acceptors (Lipinski definition) is 6. The molecule has 0 radical (unpaired) electrons. The molecular formula is C19H23N3O5S. The molecule has 1 aliphatic rings. The maximum atomic E-state index is 13.1. The summed E-state index contributed by atoms with van der Waals surface area (Å²) in [6, 6.07) is 8.12. The SMILES string of the molecule is COc1ccc(C(=O)N(C)Cc2ccncc2)cc1S(=O)(=O)N1CCOCC1. The predicted molar refractivity (Wildman–Crippen MR) is 103 cm³/mol. The van der Waals surface area contributed by atoms with Crippen LogP contribution in [0.3, 0.4) is 0 Å². The summed E-state index contributed by atoms with van der Waals surface area (Å²) < 4.78 is 38.0. The number of rotatable bonds is 6. The van der Waals surface area contributed by atoms with Gasteiger partial charge in [-0.15, -0.1) is 0 Å². The zero-order chi connectivity index (χ0) is 20.1. The second kappa shape index (κ2) is 8.68. The Balaban J connectivity index is 1.88. The van der Waals surface area contributed by atoms with E-state index in [1.165, 1.54) is 28.4 Å². The monoisotopic (exact) mass is 405 g/mol. The van der Waals surface area contributed by atoms with Crippen molar-refractivity contribution in [2.45, 2.75) is 11.4 Å². The zero-order valence-electron chi connectivity index (χ0n) is 15.9. The maximum absolute atomic E-state index is 13.1. The first-order valence-electron chi connectivity index (χ1n) is 8.84. The smallest absolute Gasteiger partial charge is 0.253 e. The molecule has 1 aliphatic heterocycles. The minimum Gasteiger partial charge on any atom is -0.495 e. The first kappa shape index (κ1) is 20.2. The fraction of sp³-hybridized carbons (Fsp3) is 0.368. The van der Waals surface area contributed by atoms with Crippen LogP contribution in [0, 0.1) is 0 Å². The number of nitrogens with zero attached hydrogens (tertiary/aromatic N) is 3. The largest absolute Gasteiger partial charge is 0.495 e. The first-order valence-corrected chi connectivity index (χ1v) is 10.3. The molecule has 3 rings (SSSR count). The molecule has 0 bridgehead atoms. The van der Waals surface area contributed by atoms with Gasteiger partial charge in [0.15, 0.2) is 0 Å². The number of carbonyl (C=O) groups excluding carboxylic acids is 1. The van der Waals surface area contributed by atoms with Crippen molar-refractivity contribution in [2.75, 3.05) is 40.5 Å². The molecule has 0 aliphatic carbocycles. The van der Waals surface area contributed by atoms with Gasteiger partial charge in [0.05, 0.1) is 20.3 Å². The average Bonchev–Trinajstić information content (AvgIpc) is 2.74. The van der Waals surface area contributed by atoms with Crippen LogP contribution in [0.15, 0.2) is 47.6 Å². The molecule has 1 aromatic carbocycles. The Kier molecular flexibility index (Phi) is 6.28. The molecule has 0 spiro atoms. The van der Waals surface area contributed by atoms with Crippen molar-refractivity contribution in [3.63, 3.8) is 0 Å². The zero-order valence-corrected chi connectivity index (χ0v) is 16.7. The van der Waals surface area contributed by atoms with E-state index in [4.69, 9.17) is 9.47 Å². The number of methoxy groups -OCH3 is 1. The van der Waals surface area contributed by atoms with E-state index in [0.29, 0.717) is 19.8 Å². The van der Waals surface area contributed by atoms with Crippen molar-refractivity contribution in [3.8, 4) is 5.75 Å². The highest BCUT2D eigenvalue weighted by atomic mass is 32.2. The van der Waals surface area contributed by atoms with Crippen LogP contribution in [0.4, 0.5) is 0 Å². The number of morpholine rings is 1. The third kappa shape index (κ3) is 4.32. The molecule has 1 fully saturated rings. The van der Waals surface area contributed by atoms with Gasteiger partial charge in [-0.2, -0.15) is 4.31 Å². The topological polar surface area (TPSA) is 89.0 Å². The quantitative estimate of drug-likeness (QED) is 0.721. The van der Waals surface area contributed by atoms with Crippen LogP contribution >= 0.6 is 0 Å². The van der Waals surface area contributed by atoms with Gasteiger partial charge in [0.2, 0.25) is 10.0 Å². The number of carbonyl (C=O) groups is 1. The second-order valence-corrected chi connectivity index (χ2v) is 8.31. The Bertz CT molecular complexity index is 928. The summed E-state index contributed by atoms with van der Waals surface area (Å²) in [7, 11) is -0.719. The van der Waals surface area contributed by atoms with Crippen LogP contribution in [0.2, 0.25) is 0 Å². The molecule has 150 valence electrons. The molecule has 2 heterocycles. The summed E-state index contributed by atoms with van der Waals surface area (Å²) in [4.78, 5) is 18.3. The molecule has 0 unspecified atom stereocenters.